The van der Waals surface area contributed by atoms with Crippen molar-refractivity contribution < 1.29 is 23.4 Å². The summed E-state index contributed by atoms with van der Waals surface area (Å²) in [6, 6.07) is 6.87. The zero-order chi connectivity index (χ0) is 17.7. The quantitative estimate of drug-likeness (QED) is 0.539. The molecule has 0 aliphatic carbocycles. The molecule has 0 radical (unpaired) electrons. The Kier molecular flexibility index (Phi) is 6.55. The number of carbonyl (C=O) groups is 1. The summed E-state index contributed by atoms with van der Waals surface area (Å²) in [6.07, 6.45) is -1.42. The number of hydrogen-bond donors (Lipinski definition) is 4. The van der Waals surface area contributed by atoms with Gasteiger partial charge in [-0.2, -0.15) is 0 Å². The molecule has 0 aliphatic heterocycles. The van der Waals surface area contributed by atoms with E-state index in [1.807, 2.05) is 6.92 Å². The molecule has 8 heteroatoms. The van der Waals surface area contributed by atoms with Crippen molar-refractivity contribution in [3.63, 3.8) is 0 Å². The Morgan fingerprint density at radius 2 is 1.83 bits per heavy atom. The lowest BCUT2D eigenvalue weighted by Crippen LogP contribution is -2.46. The Morgan fingerprint density at radius 3 is 2.35 bits per heavy atom. The van der Waals surface area contributed by atoms with Gasteiger partial charge in [0.2, 0.25) is 15.9 Å². The fourth-order valence-electron chi connectivity index (χ4n) is 1.70. The normalized spacial score (nSPS) is 13.4. The van der Waals surface area contributed by atoms with E-state index in [1.54, 1.807) is 24.3 Å². The predicted molar refractivity (Wildman–Crippen MR) is 88.5 cm³/mol. The van der Waals surface area contributed by atoms with Crippen LogP contribution in [0, 0.1) is 12.3 Å². The maximum absolute atomic E-state index is 11.9. The number of amides is 1. The average Bonchev–Trinajstić information content (AvgIpc) is 2.48. The average molecular weight is 344 g/mol. The Hall–Kier alpha value is -1.64. The largest absolute Gasteiger partial charge is 0.396 e. The standard InChI is InChI=1S/C15H24N2O5S/c1-11-4-6-12(7-5-11)17-23(21,22)9-8-16-14(20)13(19)15(2,3)10-18/h4-7,13,17-19H,8-10H2,1-3H3,(H,16,20)/t13-/m1/s1. The van der Waals surface area contributed by atoms with E-state index >= 15 is 0 Å². The summed E-state index contributed by atoms with van der Waals surface area (Å²) in [4.78, 5) is 11.7. The van der Waals surface area contributed by atoms with Gasteiger partial charge in [-0.1, -0.05) is 31.5 Å². The van der Waals surface area contributed by atoms with Gasteiger partial charge in [0, 0.05) is 17.6 Å². The summed E-state index contributed by atoms with van der Waals surface area (Å²) in [7, 11) is -3.61. The number of sulfonamides is 1. The third-order valence-electron chi connectivity index (χ3n) is 3.39. The fraction of sp³-hybridized carbons (Fsp3) is 0.533. The van der Waals surface area contributed by atoms with Gasteiger partial charge >= 0.3 is 0 Å². The van der Waals surface area contributed by atoms with Gasteiger partial charge in [-0.3, -0.25) is 9.52 Å². The van der Waals surface area contributed by atoms with E-state index in [1.165, 1.54) is 13.8 Å². The molecule has 0 fully saturated rings. The lowest BCUT2D eigenvalue weighted by Gasteiger charge is -2.27. The van der Waals surface area contributed by atoms with E-state index in [0.29, 0.717) is 5.69 Å². The molecule has 0 saturated carbocycles. The van der Waals surface area contributed by atoms with E-state index in [4.69, 9.17) is 5.11 Å². The van der Waals surface area contributed by atoms with Gasteiger partial charge in [0.1, 0.15) is 6.10 Å². The topological polar surface area (TPSA) is 116 Å². The molecule has 130 valence electrons. The van der Waals surface area contributed by atoms with Crippen molar-refractivity contribution in [3.8, 4) is 0 Å². The second kappa shape index (κ2) is 7.76. The molecule has 0 heterocycles. The van der Waals surface area contributed by atoms with Gasteiger partial charge in [0.25, 0.3) is 0 Å². The highest BCUT2D eigenvalue weighted by molar-refractivity contribution is 7.92. The number of hydrogen-bond acceptors (Lipinski definition) is 5. The minimum absolute atomic E-state index is 0.140. The second-order valence-electron chi connectivity index (χ2n) is 6.13. The summed E-state index contributed by atoms with van der Waals surface area (Å²) >= 11 is 0. The lowest BCUT2D eigenvalue weighted by molar-refractivity contribution is -0.136. The van der Waals surface area contributed by atoms with Crippen LogP contribution in [0.15, 0.2) is 24.3 Å². The molecule has 0 aromatic heterocycles. The first-order valence-corrected chi connectivity index (χ1v) is 8.86. The van der Waals surface area contributed by atoms with Crippen LogP contribution in [0.5, 0.6) is 0 Å². The highest BCUT2D eigenvalue weighted by atomic mass is 32.2. The van der Waals surface area contributed by atoms with Crippen molar-refractivity contribution in [1.29, 1.82) is 0 Å². The van der Waals surface area contributed by atoms with Crippen LogP contribution in [0.2, 0.25) is 0 Å². The predicted octanol–water partition coefficient (Wildman–Crippen LogP) is 0.232. The summed E-state index contributed by atoms with van der Waals surface area (Å²) in [5.74, 6) is -1.03. The van der Waals surface area contributed by atoms with Crippen molar-refractivity contribution in [2.24, 2.45) is 5.41 Å². The van der Waals surface area contributed by atoms with Crippen LogP contribution in [0.3, 0.4) is 0 Å². The first-order valence-electron chi connectivity index (χ1n) is 7.21. The third kappa shape index (κ3) is 6.17. The van der Waals surface area contributed by atoms with Gasteiger partial charge in [0.05, 0.1) is 12.4 Å². The van der Waals surface area contributed by atoms with Gasteiger partial charge in [-0.15, -0.1) is 0 Å². The van der Waals surface area contributed by atoms with Gasteiger partial charge in [-0.05, 0) is 19.1 Å². The zero-order valence-corrected chi connectivity index (χ0v) is 14.4. The van der Waals surface area contributed by atoms with Gasteiger partial charge in [-0.25, -0.2) is 8.42 Å². The number of aryl methyl sites for hydroxylation is 1. The van der Waals surface area contributed by atoms with Crippen LogP contribution >= 0.6 is 0 Å². The van der Waals surface area contributed by atoms with E-state index < -0.39 is 27.4 Å². The smallest absolute Gasteiger partial charge is 0.249 e. The first kappa shape index (κ1) is 19.4. The summed E-state index contributed by atoms with van der Waals surface area (Å²) < 4.78 is 26.3. The lowest BCUT2D eigenvalue weighted by atomic mass is 9.87. The van der Waals surface area contributed by atoms with Crippen molar-refractivity contribution in [2.45, 2.75) is 26.9 Å². The highest BCUT2D eigenvalue weighted by Crippen LogP contribution is 2.19. The third-order valence-corrected chi connectivity index (χ3v) is 4.68. The van der Waals surface area contributed by atoms with E-state index in [0.717, 1.165) is 5.56 Å². The number of nitrogens with one attached hydrogen (secondary N) is 2. The molecule has 7 nitrogen and oxygen atoms in total. The van der Waals surface area contributed by atoms with Crippen molar-refractivity contribution in [2.75, 3.05) is 23.6 Å². The molecule has 1 atom stereocenters. The van der Waals surface area contributed by atoms with Crippen LogP contribution in [0.4, 0.5) is 5.69 Å². The molecule has 4 N–H and O–H groups in total. The number of aliphatic hydroxyl groups excluding tert-OH is 2. The van der Waals surface area contributed by atoms with E-state index in [9.17, 15) is 18.3 Å². The molecule has 0 bridgehead atoms. The molecular weight excluding hydrogens is 320 g/mol. The van der Waals surface area contributed by atoms with Crippen molar-refractivity contribution >= 4 is 21.6 Å². The molecule has 0 unspecified atom stereocenters. The van der Waals surface area contributed by atoms with Gasteiger partial charge in [0.15, 0.2) is 0 Å². The minimum atomic E-state index is -3.61. The van der Waals surface area contributed by atoms with Crippen LogP contribution in [0.1, 0.15) is 19.4 Å². The second-order valence-corrected chi connectivity index (χ2v) is 7.97. The zero-order valence-electron chi connectivity index (χ0n) is 13.5. The van der Waals surface area contributed by atoms with Crippen LogP contribution in [-0.4, -0.2) is 49.5 Å². The van der Waals surface area contributed by atoms with Crippen LogP contribution < -0.4 is 10.0 Å². The Bertz CT molecular complexity index is 626. The molecule has 0 saturated heterocycles. The maximum atomic E-state index is 11.9. The number of benzene rings is 1. The Balaban J connectivity index is 2.51. The molecule has 1 aromatic carbocycles. The number of anilines is 1. The Labute approximate surface area is 136 Å². The molecule has 1 amide bonds. The summed E-state index contributed by atoms with van der Waals surface area (Å²) in [5, 5.41) is 21.3. The van der Waals surface area contributed by atoms with Crippen molar-refractivity contribution in [1.82, 2.24) is 5.32 Å². The van der Waals surface area contributed by atoms with Crippen LogP contribution in [0.25, 0.3) is 0 Å². The monoisotopic (exact) mass is 344 g/mol. The minimum Gasteiger partial charge on any atom is -0.396 e. The summed E-state index contributed by atoms with van der Waals surface area (Å²) in [5.41, 5.74) is 0.465. The number of aliphatic hydroxyl groups is 2. The fourth-order valence-corrected chi connectivity index (χ4v) is 2.67. The maximum Gasteiger partial charge on any atom is 0.249 e. The number of rotatable bonds is 8. The molecular formula is C15H24N2O5S. The molecule has 1 rings (SSSR count). The Morgan fingerprint density at radius 1 is 1.26 bits per heavy atom. The molecule has 0 spiro atoms. The molecule has 0 aliphatic rings. The number of carbonyl (C=O) groups excluding carboxylic acids is 1. The molecule has 23 heavy (non-hydrogen) atoms. The van der Waals surface area contributed by atoms with Crippen molar-refractivity contribution in [3.05, 3.63) is 29.8 Å². The SMILES string of the molecule is Cc1ccc(NS(=O)(=O)CCNC(=O)[C@@H](O)C(C)(C)CO)cc1. The first-order chi connectivity index (χ1) is 10.6. The van der Waals surface area contributed by atoms with Crippen LogP contribution in [-0.2, 0) is 14.8 Å². The van der Waals surface area contributed by atoms with E-state index in [2.05, 4.69) is 10.0 Å². The van der Waals surface area contributed by atoms with Gasteiger partial charge < -0.3 is 15.5 Å². The highest BCUT2D eigenvalue weighted by Gasteiger charge is 2.32. The van der Waals surface area contributed by atoms with E-state index in [-0.39, 0.29) is 18.9 Å². The summed E-state index contributed by atoms with van der Waals surface area (Å²) in [6.45, 7) is 4.46. The molecule has 1 aromatic rings.